The third kappa shape index (κ3) is 5.53. The van der Waals surface area contributed by atoms with Crippen LogP contribution in [0, 0.1) is 17.0 Å². The highest BCUT2D eigenvalue weighted by atomic mass is 35.5. The van der Waals surface area contributed by atoms with E-state index in [0.717, 1.165) is 44.1 Å². The predicted octanol–water partition coefficient (Wildman–Crippen LogP) is 3.44. The summed E-state index contributed by atoms with van der Waals surface area (Å²) in [5.74, 6) is 0.758. The average molecular weight is 392 g/mol. The van der Waals surface area contributed by atoms with Crippen molar-refractivity contribution in [1.29, 1.82) is 0 Å². The Hall–Kier alpha value is -2.42. The molecule has 0 atom stereocenters. The van der Waals surface area contributed by atoms with Crippen LogP contribution in [0.1, 0.15) is 5.56 Å². The number of anilines is 3. The first-order chi connectivity index (χ1) is 13.0. The molecule has 8 nitrogen and oxygen atoms in total. The fourth-order valence-electron chi connectivity index (χ4n) is 2.91. The van der Waals surface area contributed by atoms with Gasteiger partial charge in [-0.15, -0.1) is 0 Å². The van der Waals surface area contributed by atoms with Crippen LogP contribution >= 0.6 is 11.6 Å². The Morgan fingerprint density at radius 2 is 2.07 bits per heavy atom. The number of halogens is 1. The van der Waals surface area contributed by atoms with E-state index in [0.29, 0.717) is 17.4 Å². The summed E-state index contributed by atoms with van der Waals surface area (Å²) in [6.45, 7) is 6.45. The lowest BCUT2D eigenvalue weighted by atomic mass is 10.2. The van der Waals surface area contributed by atoms with Gasteiger partial charge >= 0.3 is 5.69 Å². The number of aromatic nitrogens is 1. The molecule has 27 heavy (non-hydrogen) atoms. The number of nitrogens with one attached hydrogen (secondary N) is 2. The maximum absolute atomic E-state index is 11.3. The van der Waals surface area contributed by atoms with Crippen molar-refractivity contribution >= 4 is 34.6 Å². The van der Waals surface area contributed by atoms with Gasteiger partial charge in [0.05, 0.1) is 18.1 Å². The summed E-state index contributed by atoms with van der Waals surface area (Å²) in [5.41, 5.74) is 1.74. The van der Waals surface area contributed by atoms with Crippen molar-refractivity contribution in [2.45, 2.75) is 6.92 Å². The molecule has 2 N–H and O–H groups in total. The van der Waals surface area contributed by atoms with Crippen LogP contribution in [0.3, 0.4) is 0 Å². The van der Waals surface area contributed by atoms with Gasteiger partial charge in [0.15, 0.2) is 0 Å². The lowest BCUT2D eigenvalue weighted by molar-refractivity contribution is -0.384. The summed E-state index contributed by atoms with van der Waals surface area (Å²) in [5, 5.41) is 18.2. The molecule has 1 aliphatic heterocycles. The van der Waals surface area contributed by atoms with Gasteiger partial charge in [-0.05, 0) is 36.8 Å². The highest BCUT2D eigenvalue weighted by Gasteiger charge is 2.17. The second-order valence-corrected chi connectivity index (χ2v) is 6.78. The first kappa shape index (κ1) is 19.3. The Morgan fingerprint density at radius 1 is 1.30 bits per heavy atom. The minimum atomic E-state index is -0.433. The molecular weight excluding hydrogens is 370 g/mol. The van der Waals surface area contributed by atoms with E-state index in [-0.39, 0.29) is 11.5 Å². The smallest absolute Gasteiger partial charge is 0.311 e. The molecule has 0 amide bonds. The lowest BCUT2D eigenvalue weighted by Crippen LogP contribution is -2.39. The highest BCUT2D eigenvalue weighted by molar-refractivity contribution is 6.30. The molecule has 144 valence electrons. The van der Waals surface area contributed by atoms with Crippen LogP contribution in [0.5, 0.6) is 0 Å². The van der Waals surface area contributed by atoms with Gasteiger partial charge in [-0.1, -0.05) is 11.6 Å². The molecular formula is C18H22ClN5O3. The zero-order chi connectivity index (χ0) is 19.2. The summed E-state index contributed by atoms with van der Waals surface area (Å²) in [6, 6.07) is 8.60. The Balaban J connectivity index is 1.70. The number of nitrogens with zero attached hydrogens (tertiary/aromatic N) is 3. The molecule has 2 heterocycles. The molecule has 2 aromatic rings. The van der Waals surface area contributed by atoms with Crippen LogP contribution in [0.25, 0.3) is 0 Å². The quantitative estimate of drug-likeness (QED) is 0.551. The zero-order valence-corrected chi connectivity index (χ0v) is 15.8. The summed E-state index contributed by atoms with van der Waals surface area (Å²) in [7, 11) is 0. The number of pyridine rings is 1. The Kier molecular flexibility index (Phi) is 6.44. The number of rotatable bonds is 7. The summed E-state index contributed by atoms with van der Waals surface area (Å²) in [6.07, 6.45) is 0. The molecule has 0 spiro atoms. The number of nitro groups is 1. The zero-order valence-electron chi connectivity index (χ0n) is 15.1. The van der Waals surface area contributed by atoms with Crippen LogP contribution in [0.4, 0.5) is 23.0 Å². The fourth-order valence-corrected chi connectivity index (χ4v) is 3.20. The van der Waals surface area contributed by atoms with Crippen LogP contribution in [-0.2, 0) is 4.74 Å². The highest BCUT2D eigenvalue weighted by Crippen LogP contribution is 2.27. The molecule has 0 saturated carbocycles. The molecule has 9 heteroatoms. The van der Waals surface area contributed by atoms with Crippen molar-refractivity contribution in [1.82, 2.24) is 9.88 Å². The average Bonchev–Trinajstić information content (AvgIpc) is 2.62. The number of ether oxygens (including phenoxy) is 1. The van der Waals surface area contributed by atoms with Gasteiger partial charge in [-0.25, -0.2) is 4.98 Å². The van der Waals surface area contributed by atoms with Gasteiger partial charge in [-0.2, -0.15) is 0 Å². The van der Waals surface area contributed by atoms with Crippen molar-refractivity contribution in [3.05, 3.63) is 51.0 Å². The second kappa shape index (κ2) is 8.98. The Morgan fingerprint density at radius 3 is 2.78 bits per heavy atom. The molecule has 1 aromatic carbocycles. The molecule has 1 aliphatic rings. The van der Waals surface area contributed by atoms with Crippen molar-refractivity contribution in [2.75, 3.05) is 50.0 Å². The first-order valence-electron chi connectivity index (χ1n) is 8.75. The van der Waals surface area contributed by atoms with E-state index in [4.69, 9.17) is 16.3 Å². The van der Waals surface area contributed by atoms with Gasteiger partial charge in [0.25, 0.3) is 0 Å². The van der Waals surface area contributed by atoms with Gasteiger partial charge in [0.1, 0.15) is 5.82 Å². The van der Waals surface area contributed by atoms with E-state index in [1.54, 1.807) is 12.1 Å². The topological polar surface area (TPSA) is 92.6 Å². The maximum Gasteiger partial charge on any atom is 0.311 e. The van der Waals surface area contributed by atoms with E-state index >= 15 is 0 Å². The van der Waals surface area contributed by atoms with Crippen molar-refractivity contribution < 1.29 is 9.66 Å². The molecule has 3 rings (SSSR count). The minimum Gasteiger partial charge on any atom is -0.379 e. The lowest BCUT2D eigenvalue weighted by Gasteiger charge is -2.26. The van der Waals surface area contributed by atoms with Gasteiger partial charge in [0, 0.05) is 43.0 Å². The largest absolute Gasteiger partial charge is 0.379 e. The number of aryl methyl sites for hydroxylation is 1. The summed E-state index contributed by atoms with van der Waals surface area (Å²) < 4.78 is 5.32. The second-order valence-electron chi connectivity index (χ2n) is 6.34. The van der Waals surface area contributed by atoms with Crippen molar-refractivity contribution in [2.24, 2.45) is 0 Å². The number of hydrogen-bond acceptors (Lipinski definition) is 7. The maximum atomic E-state index is 11.3. The molecule has 1 fully saturated rings. The van der Waals surface area contributed by atoms with Crippen molar-refractivity contribution in [3.63, 3.8) is 0 Å². The van der Waals surface area contributed by atoms with E-state index < -0.39 is 4.92 Å². The summed E-state index contributed by atoms with van der Waals surface area (Å²) >= 11 is 6.08. The van der Waals surface area contributed by atoms with E-state index in [1.807, 2.05) is 19.1 Å². The Labute approximate surface area is 162 Å². The molecule has 1 aromatic heterocycles. The first-order valence-corrected chi connectivity index (χ1v) is 9.13. The van der Waals surface area contributed by atoms with Crippen LogP contribution in [0.2, 0.25) is 5.02 Å². The van der Waals surface area contributed by atoms with Gasteiger partial charge in [0.2, 0.25) is 5.82 Å². The van der Waals surface area contributed by atoms with Crippen molar-refractivity contribution in [3.8, 4) is 0 Å². The number of hydrogen-bond donors (Lipinski definition) is 2. The number of benzene rings is 1. The molecule has 0 unspecified atom stereocenters. The standard InChI is InChI=1S/C18H22ClN5O3/c1-13-10-14(19)12-15(11-13)21-17-3-2-16(24(25)26)18(22-17)20-4-5-23-6-8-27-9-7-23/h2-3,10-12H,4-9H2,1H3,(H2,20,21,22). The molecule has 0 radical (unpaired) electrons. The Bertz CT molecular complexity index is 791. The summed E-state index contributed by atoms with van der Waals surface area (Å²) in [4.78, 5) is 17.5. The van der Waals surface area contributed by atoms with E-state index in [1.165, 1.54) is 6.07 Å². The van der Waals surface area contributed by atoms with Crippen LogP contribution in [-0.4, -0.2) is 54.2 Å². The normalized spacial score (nSPS) is 14.7. The van der Waals surface area contributed by atoms with Gasteiger partial charge in [-0.3, -0.25) is 15.0 Å². The SMILES string of the molecule is Cc1cc(Cl)cc(Nc2ccc([N+](=O)[O-])c(NCCN3CCOCC3)n2)c1. The predicted molar refractivity (Wildman–Crippen MR) is 106 cm³/mol. The van der Waals surface area contributed by atoms with E-state index in [9.17, 15) is 10.1 Å². The molecule has 0 bridgehead atoms. The van der Waals surface area contributed by atoms with E-state index in [2.05, 4.69) is 20.5 Å². The monoisotopic (exact) mass is 391 g/mol. The van der Waals surface area contributed by atoms with Gasteiger partial charge < -0.3 is 15.4 Å². The fraction of sp³-hybridized carbons (Fsp3) is 0.389. The minimum absolute atomic E-state index is 0.0511. The number of morpholine rings is 1. The van der Waals surface area contributed by atoms with Crippen LogP contribution < -0.4 is 10.6 Å². The molecule has 1 saturated heterocycles. The molecule has 0 aliphatic carbocycles. The van der Waals surface area contributed by atoms with Crippen LogP contribution in [0.15, 0.2) is 30.3 Å². The third-order valence-corrected chi connectivity index (χ3v) is 4.43. The third-order valence-electron chi connectivity index (χ3n) is 4.21.